The van der Waals surface area contributed by atoms with Crippen molar-refractivity contribution < 1.29 is 14.9 Å². The van der Waals surface area contributed by atoms with Crippen LogP contribution in [0.25, 0.3) is 11.2 Å². The van der Waals surface area contributed by atoms with Crippen LogP contribution in [0.5, 0.6) is 0 Å². The van der Waals surface area contributed by atoms with E-state index in [1.165, 1.54) is 6.33 Å². The molecule has 3 aromatic rings. The Kier molecular flexibility index (Phi) is 6.22. The SMILES string of the molecule is OCCNc1ncnc2c1ncn2[C@H]1CN(Cc2ccc(Cl)cc2)C[C@@H](CO)O1. The van der Waals surface area contributed by atoms with Gasteiger partial charge in [0.05, 0.1) is 25.6 Å². The van der Waals surface area contributed by atoms with Crippen LogP contribution in [0, 0.1) is 0 Å². The molecule has 4 rings (SSSR count). The van der Waals surface area contributed by atoms with Crippen molar-refractivity contribution >= 4 is 28.6 Å². The fourth-order valence-electron chi connectivity index (χ4n) is 3.49. The van der Waals surface area contributed by atoms with Crippen LogP contribution >= 0.6 is 11.6 Å². The molecule has 3 heterocycles. The number of nitrogens with one attached hydrogen (secondary N) is 1. The number of imidazole rings is 1. The van der Waals surface area contributed by atoms with Crippen molar-refractivity contribution in [2.45, 2.75) is 18.9 Å². The van der Waals surface area contributed by atoms with Gasteiger partial charge in [-0.25, -0.2) is 15.0 Å². The molecule has 154 valence electrons. The summed E-state index contributed by atoms with van der Waals surface area (Å²) >= 11 is 5.98. The van der Waals surface area contributed by atoms with Crippen LogP contribution in [0.4, 0.5) is 5.82 Å². The van der Waals surface area contributed by atoms with Crippen molar-refractivity contribution in [3.63, 3.8) is 0 Å². The van der Waals surface area contributed by atoms with E-state index in [0.29, 0.717) is 41.6 Å². The maximum atomic E-state index is 9.73. The largest absolute Gasteiger partial charge is 0.395 e. The number of aliphatic hydroxyl groups excluding tert-OH is 2. The normalized spacial score (nSPS) is 20.2. The topological polar surface area (TPSA) is 109 Å². The quantitative estimate of drug-likeness (QED) is 0.526. The van der Waals surface area contributed by atoms with Gasteiger partial charge in [0.25, 0.3) is 0 Å². The second kappa shape index (κ2) is 9.02. The number of aromatic nitrogens is 4. The number of benzene rings is 1. The molecule has 1 saturated heterocycles. The van der Waals surface area contributed by atoms with E-state index in [-0.39, 0.29) is 25.5 Å². The smallest absolute Gasteiger partial charge is 0.167 e. The highest BCUT2D eigenvalue weighted by molar-refractivity contribution is 6.30. The zero-order chi connectivity index (χ0) is 20.2. The van der Waals surface area contributed by atoms with Gasteiger partial charge in [-0.05, 0) is 17.7 Å². The molecule has 0 amide bonds. The lowest BCUT2D eigenvalue weighted by Crippen LogP contribution is -2.46. The van der Waals surface area contributed by atoms with Gasteiger partial charge in [0.1, 0.15) is 12.6 Å². The van der Waals surface area contributed by atoms with E-state index < -0.39 is 0 Å². The zero-order valence-corrected chi connectivity index (χ0v) is 16.5. The molecular weight excluding hydrogens is 396 g/mol. The third-order valence-corrected chi connectivity index (χ3v) is 5.07. The van der Waals surface area contributed by atoms with Gasteiger partial charge < -0.3 is 20.3 Å². The summed E-state index contributed by atoms with van der Waals surface area (Å²) < 4.78 is 7.94. The highest BCUT2D eigenvalue weighted by Gasteiger charge is 2.30. The average molecular weight is 419 g/mol. The van der Waals surface area contributed by atoms with E-state index in [4.69, 9.17) is 21.4 Å². The molecule has 9 nitrogen and oxygen atoms in total. The first-order valence-electron chi connectivity index (χ1n) is 9.43. The Hall–Kier alpha value is -2.30. The average Bonchev–Trinajstić information content (AvgIpc) is 3.18. The minimum Gasteiger partial charge on any atom is -0.395 e. The van der Waals surface area contributed by atoms with Crippen LogP contribution in [0.3, 0.4) is 0 Å². The molecule has 0 saturated carbocycles. The molecule has 0 unspecified atom stereocenters. The zero-order valence-electron chi connectivity index (χ0n) is 15.8. The van der Waals surface area contributed by atoms with Crippen LogP contribution < -0.4 is 5.32 Å². The summed E-state index contributed by atoms with van der Waals surface area (Å²) in [6.45, 7) is 2.27. The lowest BCUT2D eigenvalue weighted by molar-refractivity contribution is -0.135. The van der Waals surface area contributed by atoms with Gasteiger partial charge >= 0.3 is 0 Å². The first-order valence-corrected chi connectivity index (χ1v) is 9.81. The Bertz CT molecular complexity index is 951. The number of hydrogen-bond donors (Lipinski definition) is 3. The Balaban J connectivity index is 1.57. The summed E-state index contributed by atoms with van der Waals surface area (Å²) in [7, 11) is 0. The molecule has 3 N–H and O–H groups in total. The number of rotatable bonds is 7. The predicted molar refractivity (Wildman–Crippen MR) is 109 cm³/mol. The van der Waals surface area contributed by atoms with Crippen LogP contribution in [0.15, 0.2) is 36.9 Å². The minimum absolute atomic E-state index is 0.00419. The van der Waals surface area contributed by atoms with Gasteiger partial charge in [0.15, 0.2) is 17.0 Å². The van der Waals surface area contributed by atoms with Crippen LogP contribution in [-0.4, -0.2) is 73.6 Å². The molecule has 1 aliphatic rings. The van der Waals surface area contributed by atoms with Crippen molar-refractivity contribution in [2.75, 3.05) is 38.2 Å². The molecule has 0 radical (unpaired) electrons. The summed E-state index contributed by atoms with van der Waals surface area (Å²) in [4.78, 5) is 15.2. The van der Waals surface area contributed by atoms with Crippen molar-refractivity contribution in [1.29, 1.82) is 0 Å². The Morgan fingerprint density at radius 1 is 1.14 bits per heavy atom. The molecule has 1 fully saturated rings. The van der Waals surface area contributed by atoms with E-state index in [0.717, 1.165) is 12.1 Å². The van der Waals surface area contributed by atoms with Crippen molar-refractivity contribution in [1.82, 2.24) is 24.4 Å². The minimum atomic E-state index is -0.348. The van der Waals surface area contributed by atoms with Crippen LogP contribution in [0.1, 0.15) is 11.8 Å². The molecule has 2 aromatic heterocycles. The summed E-state index contributed by atoms with van der Waals surface area (Å²) in [6, 6.07) is 7.75. The molecule has 1 aromatic carbocycles. The molecule has 10 heteroatoms. The predicted octanol–water partition coefficient (Wildman–Crippen LogP) is 1.28. The van der Waals surface area contributed by atoms with Crippen LogP contribution in [0.2, 0.25) is 5.02 Å². The third kappa shape index (κ3) is 4.49. The molecule has 29 heavy (non-hydrogen) atoms. The molecule has 2 atom stereocenters. The summed E-state index contributed by atoms with van der Waals surface area (Å²) in [6.07, 6.45) is 2.47. The monoisotopic (exact) mass is 418 g/mol. The lowest BCUT2D eigenvalue weighted by atomic mass is 10.2. The number of aliphatic hydroxyl groups is 2. The fourth-order valence-corrected chi connectivity index (χ4v) is 3.62. The lowest BCUT2D eigenvalue weighted by Gasteiger charge is -2.37. The number of fused-ring (bicyclic) bond motifs is 1. The second-order valence-electron chi connectivity index (χ2n) is 6.91. The highest BCUT2D eigenvalue weighted by Crippen LogP contribution is 2.26. The number of ether oxygens (including phenoxy) is 1. The third-order valence-electron chi connectivity index (χ3n) is 4.82. The second-order valence-corrected chi connectivity index (χ2v) is 7.35. The Labute approximate surface area is 172 Å². The van der Waals surface area contributed by atoms with Crippen molar-refractivity contribution in [3.05, 3.63) is 47.5 Å². The van der Waals surface area contributed by atoms with E-state index in [9.17, 15) is 5.11 Å². The van der Waals surface area contributed by atoms with Crippen molar-refractivity contribution in [2.24, 2.45) is 0 Å². The van der Waals surface area contributed by atoms with Gasteiger partial charge in [0, 0.05) is 31.2 Å². The van der Waals surface area contributed by atoms with Gasteiger partial charge in [0.2, 0.25) is 0 Å². The van der Waals surface area contributed by atoms with E-state index >= 15 is 0 Å². The van der Waals surface area contributed by atoms with Gasteiger partial charge in [-0.1, -0.05) is 23.7 Å². The number of anilines is 1. The van der Waals surface area contributed by atoms with Gasteiger partial charge in [-0.2, -0.15) is 0 Å². The summed E-state index contributed by atoms with van der Waals surface area (Å²) in [5, 5.41) is 22.5. The molecular formula is C19H23ClN6O3. The van der Waals surface area contributed by atoms with Crippen molar-refractivity contribution in [3.8, 4) is 0 Å². The highest BCUT2D eigenvalue weighted by atomic mass is 35.5. The fraction of sp³-hybridized carbons (Fsp3) is 0.421. The maximum absolute atomic E-state index is 9.73. The van der Waals surface area contributed by atoms with Crippen LogP contribution in [-0.2, 0) is 11.3 Å². The Morgan fingerprint density at radius 2 is 1.97 bits per heavy atom. The summed E-state index contributed by atoms with van der Waals surface area (Å²) in [5.74, 6) is 0.565. The molecule has 0 aliphatic carbocycles. The molecule has 0 spiro atoms. The number of morpholine rings is 1. The van der Waals surface area contributed by atoms with E-state index in [1.807, 2.05) is 28.8 Å². The standard InChI is InChI=1S/C19H23ClN6O3/c20-14-3-1-13(2-4-14)7-25-8-15(10-28)29-16(9-25)26-12-24-17-18(21-5-6-27)22-11-23-19(17)26/h1-4,11-12,15-16,27-28H,5-10H2,(H,21,22,23)/t15-,16+/m0/s1. The number of nitrogens with zero attached hydrogens (tertiary/aromatic N) is 5. The molecule has 0 bridgehead atoms. The maximum Gasteiger partial charge on any atom is 0.167 e. The summed E-state index contributed by atoms with van der Waals surface area (Å²) in [5.41, 5.74) is 2.38. The van der Waals surface area contributed by atoms with Gasteiger partial charge in [-0.15, -0.1) is 0 Å². The Morgan fingerprint density at radius 3 is 2.72 bits per heavy atom. The van der Waals surface area contributed by atoms with Gasteiger partial charge in [-0.3, -0.25) is 9.47 Å². The van der Waals surface area contributed by atoms with E-state index in [1.54, 1.807) is 6.33 Å². The number of hydrogen-bond acceptors (Lipinski definition) is 8. The van der Waals surface area contributed by atoms with E-state index in [2.05, 4.69) is 25.2 Å². The first-order chi connectivity index (χ1) is 14.2. The number of halogens is 1. The first kappa shape index (κ1) is 20.0. The molecule has 1 aliphatic heterocycles.